The van der Waals surface area contributed by atoms with E-state index in [0.717, 1.165) is 11.1 Å². The predicted octanol–water partition coefficient (Wildman–Crippen LogP) is 4.94. The number of nitrogens with one attached hydrogen (secondary N) is 3. The summed E-state index contributed by atoms with van der Waals surface area (Å²) in [5.74, 6) is -0.447. The molecule has 0 heterocycles. The summed E-state index contributed by atoms with van der Waals surface area (Å²) in [5, 5.41) is 5.70. The Hall–Kier alpha value is -3.65. The van der Waals surface area contributed by atoms with Gasteiger partial charge in [-0.05, 0) is 68.3 Å². The van der Waals surface area contributed by atoms with Gasteiger partial charge < -0.3 is 10.6 Å². The first kappa shape index (κ1) is 25.0. The van der Waals surface area contributed by atoms with E-state index in [-0.39, 0.29) is 28.3 Å². The second kappa shape index (κ2) is 10.5. The molecule has 0 aliphatic rings. The molecule has 0 aliphatic heterocycles. The number of carbonyl (C=O) groups excluding carboxylic acids is 2. The minimum Gasteiger partial charge on any atom is -0.346 e. The zero-order valence-corrected chi connectivity index (χ0v) is 20.5. The number of amides is 2. The average Bonchev–Trinajstić information content (AvgIpc) is 2.80. The fraction of sp³-hybridized carbons (Fsp3) is 0.231. The van der Waals surface area contributed by atoms with Gasteiger partial charge in [-0.2, -0.15) is 0 Å². The second-order valence-electron chi connectivity index (χ2n) is 8.17. The summed E-state index contributed by atoms with van der Waals surface area (Å²) in [4.78, 5) is 24.5. The Morgan fingerprint density at radius 2 is 1.50 bits per heavy atom. The third kappa shape index (κ3) is 6.23. The van der Waals surface area contributed by atoms with Gasteiger partial charge in [-0.15, -0.1) is 0 Å². The Balaban J connectivity index is 1.75. The zero-order valence-electron chi connectivity index (χ0n) is 19.7. The second-order valence-corrected chi connectivity index (χ2v) is 9.85. The maximum Gasteiger partial charge on any atom is 0.261 e. The molecule has 0 bridgehead atoms. The highest BCUT2D eigenvalue weighted by Gasteiger charge is 2.19. The van der Waals surface area contributed by atoms with Crippen LogP contribution in [0, 0.1) is 13.8 Å². The Labute approximate surface area is 200 Å². The fourth-order valence-electron chi connectivity index (χ4n) is 3.31. The van der Waals surface area contributed by atoms with Crippen molar-refractivity contribution in [2.45, 2.75) is 45.1 Å². The summed E-state index contributed by atoms with van der Waals surface area (Å²) in [6, 6.07) is 18.4. The van der Waals surface area contributed by atoms with E-state index in [1.54, 1.807) is 44.2 Å². The topological polar surface area (TPSA) is 104 Å². The summed E-state index contributed by atoms with van der Waals surface area (Å²) >= 11 is 0. The normalized spacial score (nSPS) is 12.0. The summed E-state index contributed by atoms with van der Waals surface area (Å²) in [6.45, 7) is 7.30. The molecule has 8 heteroatoms. The van der Waals surface area contributed by atoms with E-state index in [4.69, 9.17) is 0 Å². The molecule has 3 rings (SSSR count). The highest BCUT2D eigenvalue weighted by atomic mass is 32.2. The largest absolute Gasteiger partial charge is 0.346 e. The number of sulfonamides is 1. The van der Waals surface area contributed by atoms with Crippen LogP contribution in [0.5, 0.6) is 0 Å². The zero-order chi connectivity index (χ0) is 24.9. The van der Waals surface area contributed by atoms with Gasteiger partial charge in [0, 0.05) is 23.4 Å². The molecule has 0 fully saturated rings. The summed E-state index contributed by atoms with van der Waals surface area (Å²) in [5.41, 5.74) is 3.95. The van der Waals surface area contributed by atoms with Crippen LogP contribution in [-0.4, -0.2) is 20.2 Å². The van der Waals surface area contributed by atoms with Crippen LogP contribution in [0.3, 0.4) is 0 Å². The minimum absolute atomic E-state index is 0.00694. The van der Waals surface area contributed by atoms with E-state index < -0.39 is 10.0 Å². The van der Waals surface area contributed by atoms with Crippen molar-refractivity contribution in [3.05, 3.63) is 89.0 Å². The summed E-state index contributed by atoms with van der Waals surface area (Å²) in [7, 11) is -3.86. The van der Waals surface area contributed by atoms with Crippen LogP contribution < -0.4 is 15.4 Å². The molecule has 34 heavy (non-hydrogen) atoms. The molecule has 2 amide bonds. The lowest BCUT2D eigenvalue weighted by atomic mass is 10.1. The number of carbonyl (C=O) groups is 2. The maximum absolute atomic E-state index is 13.0. The molecule has 7 nitrogen and oxygen atoms in total. The van der Waals surface area contributed by atoms with Crippen molar-refractivity contribution in [3.8, 4) is 0 Å². The van der Waals surface area contributed by atoms with Crippen LogP contribution >= 0.6 is 0 Å². The highest BCUT2D eigenvalue weighted by molar-refractivity contribution is 7.92. The van der Waals surface area contributed by atoms with E-state index in [2.05, 4.69) is 15.4 Å². The maximum atomic E-state index is 13.0. The van der Waals surface area contributed by atoms with Gasteiger partial charge in [0.25, 0.3) is 15.9 Å². The van der Waals surface area contributed by atoms with E-state index >= 15 is 0 Å². The number of rotatable bonds is 8. The van der Waals surface area contributed by atoms with Crippen LogP contribution in [-0.2, 0) is 14.8 Å². The van der Waals surface area contributed by atoms with Gasteiger partial charge in [0.15, 0.2) is 0 Å². The van der Waals surface area contributed by atoms with Crippen molar-refractivity contribution in [2.75, 3.05) is 10.0 Å². The van der Waals surface area contributed by atoms with Crippen molar-refractivity contribution in [1.82, 2.24) is 5.32 Å². The average molecular weight is 480 g/mol. The molecular formula is C26H29N3O4S. The van der Waals surface area contributed by atoms with Gasteiger partial charge in [0.2, 0.25) is 5.91 Å². The number of hydrogen-bond donors (Lipinski definition) is 3. The number of anilines is 2. The van der Waals surface area contributed by atoms with Crippen LogP contribution in [0.15, 0.2) is 71.6 Å². The first-order valence-electron chi connectivity index (χ1n) is 11.0. The Morgan fingerprint density at radius 3 is 2.12 bits per heavy atom. The first-order valence-corrected chi connectivity index (χ1v) is 12.5. The molecule has 0 aliphatic carbocycles. The quantitative estimate of drug-likeness (QED) is 0.425. The van der Waals surface area contributed by atoms with Crippen LogP contribution in [0.2, 0.25) is 0 Å². The molecule has 3 aromatic carbocycles. The molecule has 1 unspecified atom stereocenters. The molecule has 0 saturated heterocycles. The third-order valence-electron chi connectivity index (χ3n) is 5.43. The third-order valence-corrected chi connectivity index (χ3v) is 6.81. The lowest BCUT2D eigenvalue weighted by molar-refractivity contribution is -0.115. The van der Waals surface area contributed by atoms with Crippen molar-refractivity contribution in [2.24, 2.45) is 0 Å². The molecule has 178 valence electrons. The van der Waals surface area contributed by atoms with Crippen molar-refractivity contribution >= 4 is 33.2 Å². The SMILES string of the molecule is CCC(=O)Nc1ccc(C(C)NC(=O)c2cc(S(=O)(=O)Nc3ccc(C)cc3)ccc2C)cc1. The molecule has 3 aromatic rings. The Bertz CT molecular complexity index is 1280. The predicted molar refractivity (Wildman–Crippen MR) is 134 cm³/mol. The number of hydrogen-bond acceptors (Lipinski definition) is 4. The van der Waals surface area contributed by atoms with Gasteiger partial charge in [0.05, 0.1) is 10.9 Å². The standard InChI is InChI=1S/C26H29N3O4S/c1-5-25(30)28-21-13-9-20(10-14-21)19(4)27-26(31)24-16-23(15-8-18(24)3)34(32,33)29-22-11-6-17(2)7-12-22/h6-16,19,29H,5H2,1-4H3,(H,27,31)(H,28,30). The molecule has 0 spiro atoms. The fourth-order valence-corrected chi connectivity index (χ4v) is 4.40. The number of aryl methyl sites for hydroxylation is 2. The van der Waals surface area contributed by atoms with Gasteiger partial charge in [0.1, 0.15) is 0 Å². The molecule has 1 atom stereocenters. The summed E-state index contributed by atoms with van der Waals surface area (Å²) < 4.78 is 28.3. The Kier molecular flexibility index (Phi) is 7.73. The molecule has 0 radical (unpaired) electrons. The number of benzene rings is 3. The van der Waals surface area contributed by atoms with E-state index in [1.165, 1.54) is 12.1 Å². The molecule has 0 aromatic heterocycles. The molecular weight excluding hydrogens is 450 g/mol. The van der Waals surface area contributed by atoms with E-state index in [9.17, 15) is 18.0 Å². The molecule has 0 saturated carbocycles. The van der Waals surface area contributed by atoms with Crippen LogP contribution in [0.1, 0.15) is 53.4 Å². The summed E-state index contributed by atoms with van der Waals surface area (Å²) in [6.07, 6.45) is 0.392. The van der Waals surface area contributed by atoms with E-state index in [0.29, 0.717) is 23.4 Å². The monoisotopic (exact) mass is 479 g/mol. The molecule has 3 N–H and O–H groups in total. The highest BCUT2D eigenvalue weighted by Crippen LogP contribution is 2.21. The van der Waals surface area contributed by atoms with Crippen molar-refractivity contribution in [3.63, 3.8) is 0 Å². The lowest BCUT2D eigenvalue weighted by Gasteiger charge is -2.17. The van der Waals surface area contributed by atoms with Gasteiger partial charge in [-0.25, -0.2) is 8.42 Å². The first-order chi connectivity index (χ1) is 16.1. The smallest absolute Gasteiger partial charge is 0.261 e. The van der Waals surface area contributed by atoms with Crippen LogP contribution in [0.4, 0.5) is 11.4 Å². The minimum atomic E-state index is -3.86. The van der Waals surface area contributed by atoms with Crippen LogP contribution in [0.25, 0.3) is 0 Å². The Morgan fingerprint density at radius 1 is 0.882 bits per heavy atom. The van der Waals surface area contributed by atoms with E-state index in [1.807, 2.05) is 38.1 Å². The lowest BCUT2D eigenvalue weighted by Crippen LogP contribution is -2.27. The van der Waals surface area contributed by atoms with Gasteiger partial charge in [-0.3, -0.25) is 14.3 Å². The van der Waals surface area contributed by atoms with Gasteiger partial charge >= 0.3 is 0 Å². The van der Waals surface area contributed by atoms with Gasteiger partial charge in [-0.1, -0.05) is 42.8 Å². The van der Waals surface area contributed by atoms with Crippen molar-refractivity contribution in [1.29, 1.82) is 0 Å². The van der Waals surface area contributed by atoms with Crippen molar-refractivity contribution < 1.29 is 18.0 Å².